The van der Waals surface area contributed by atoms with Gasteiger partial charge < -0.3 is 15.7 Å². The second kappa shape index (κ2) is 6.52. The largest absolute Gasteiger partial charge is 0.393 e. The number of carbonyl (C=O) groups excluding carboxylic acids is 1. The summed E-state index contributed by atoms with van der Waals surface area (Å²) in [6.45, 7) is 0.611. The summed E-state index contributed by atoms with van der Waals surface area (Å²) in [5.41, 5.74) is 0.568. The summed E-state index contributed by atoms with van der Waals surface area (Å²) in [7, 11) is 0. The molecule has 4 nitrogen and oxygen atoms in total. The molecule has 0 aromatic heterocycles. The monoisotopic (exact) mass is 266 g/mol. The summed E-state index contributed by atoms with van der Waals surface area (Å²) in [5, 5.41) is 14.8. The predicted molar refractivity (Wildman–Crippen MR) is 71.4 cm³/mol. The molecule has 2 rings (SSSR count). The number of anilines is 1. The molecule has 3 N–H and O–H groups in total. The molecule has 1 aromatic carbocycles. The van der Waals surface area contributed by atoms with E-state index >= 15 is 0 Å². The molecule has 1 saturated carbocycles. The quantitative estimate of drug-likeness (QED) is 0.787. The molecule has 1 aliphatic rings. The van der Waals surface area contributed by atoms with E-state index in [-0.39, 0.29) is 18.0 Å². The standard InChI is InChI=1S/C14H19FN2O2/c15-11-3-5-12(6-4-11)17-14(19)16-9-10-1-7-13(18)8-2-10/h3-6,10,13,18H,1-2,7-9H2,(H2,16,17,19). The first-order chi connectivity index (χ1) is 9.13. The highest BCUT2D eigenvalue weighted by atomic mass is 19.1. The van der Waals surface area contributed by atoms with Crippen molar-refractivity contribution in [2.75, 3.05) is 11.9 Å². The Labute approximate surface area is 112 Å². The number of rotatable bonds is 3. The van der Waals surface area contributed by atoms with Gasteiger partial charge in [-0.05, 0) is 55.9 Å². The summed E-state index contributed by atoms with van der Waals surface area (Å²) < 4.78 is 12.7. The highest BCUT2D eigenvalue weighted by molar-refractivity contribution is 5.89. The number of hydrogen-bond donors (Lipinski definition) is 3. The number of aliphatic hydroxyl groups excluding tert-OH is 1. The van der Waals surface area contributed by atoms with Crippen LogP contribution in [0.15, 0.2) is 24.3 Å². The molecule has 0 radical (unpaired) electrons. The summed E-state index contributed by atoms with van der Waals surface area (Å²) in [4.78, 5) is 11.6. The minimum absolute atomic E-state index is 0.177. The van der Waals surface area contributed by atoms with E-state index in [2.05, 4.69) is 10.6 Å². The van der Waals surface area contributed by atoms with Crippen molar-refractivity contribution in [3.63, 3.8) is 0 Å². The maximum Gasteiger partial charge on any atom is 0.319 e. The Hall–Kier alpha value is -1.62. The van der Waals surface area contributed by atoms with Crippen LogP contribution in [0, 0.1) is 11.7 Å². The number of hydrogen-bond acceptors (Lipinski definition) is 2. The Morgan fingerprint density at radius 2 is 1.84 bits per heavy atom. The molecule has 1 fully saturated rings. The van der Waals surface area contributed by atoms with Crippen LogP contribution in [0.1, 0.15) is 25.7 Å². The van der Waals surface area contributed by atoms with Gasteiger partial charge in [-0.2, -0.15) is 0 Å². The third-order valence-electron chi connectivity index (χ3n) is 3.47. The second-order valence-electron chi connectivity index (χ2n) is 5.02. The lowest BCUT2D eigenvalue weighted by Crippen LogP contribution is -2.34. The van der Waals surface area contributed by atoms with Crippen LogP contribution in [-0.2, 0) is 0 Å². The van der Waals surface area contributed by atoms with Crippen LogP contribution in [0.2, 0.25) is 0 Å². The Kier molecular flexibility index (Phi) is 4.74. The molecule has 0 unspecified atom stereocenters. The Morgan fingerprint density at radius 3 is 2.47 bits per heavy atom. The lowest BCUT2D eigenvalue weighted by atomic mass is 9.87. The first-order valence-electron chi connectivity index (χ1n) is 6.62. The molecular weight excluding hydrogens is 247 g/mol. The summed E-state index contributed by atoms with van der Waals surface area (Å²) in [6, 6.07) is 5.37. The first kappa shape index (κ1) is 13.8. The third kappa shape index (κ3) is 4.52. The smallest absolute Gasteiger partial charge is 0.319 e. The van der Waals surface area contributed by atoms with Gasteiger partial charge in [0.25, 0.3) is 0 Å². The zero-order valence-electron chi connectivity index (χ0n) is 10.7. The Bertz CT molecular complexity index is 414. The fourth-order valence-corrected chi connectivity index (χ4v) is 2.29. The fraction of sp³-hybridized carbons (Fsp3) is 0.500. The van der Waals surface area contributed by atoms with Gasteiger partial charge in [-0.3, -0.25) is 0 Å². The predicted octanol–water partition coefficient (Wildman–Crippen LogP) is 2.50. The topological polar surface area (TPSA) is 61.4 Å². The highest BCUT2D eigenvalue weighted by Crippen LogP contribution is 2.23. The minimum atomic E-state index is -0.327. The van der Waals surface area contributed by atoms with Gasteiger partial charge in [0.05, 0.1) is 6.10 Å². The van der Waals surface area contributed by atoms with E-state index in [1.807, 2.05) is 0 Å². The molecule has 0 bridgehead atoms. The van der Waals surface area contributed by atoms with Gasteiger partial charge >= 0.3 is 6.03 Å². The molecule has 0 aliphatic heterocycles. The van der Waals surface area contributed by atoms with E-state index in [4.69, 9.17) is 0 Å². The third-order valence-corrected chi connectivity index (χ3v) is 3.47. The Morgan fingerprint density at radius 1 is 1.21 bits per heavy atom. The van der Waals surface area contributed by atoms with Crippen LogP contribution < -0.4 is 10.6 Å². The molecule has 0 heterocycles. The molecule has 104 valence electrons. The van der Waals surface area contributed by atoms with E-state index in [0.717, 1.165) is 25.7 Å². The fourth-order valence-electron chi connectivity index (χ4n) is 2.29. The number of carbonyl (C=O) groups is 1. The average Bonchev–Trinajstić information content (AvgIpc) is 2.41. The first-order valence-corrected chi connectivity index (χ1v) is 6.62. The van der Waals surface area contributed by atoms with Crippen molar-refractivity contribution in [3.8, 4) is 0 Å². The van der Waals surface area contributed by atoms with Gasteiger partial charge in [0.15, 0.2) is 0 Å². The Balaban J connectivity index is 1.71. The molecule has 19 heavy (non-hydrogen) atoms. The van der Waals surface area contributed by atoms with E-state index in [0.29, 0.717) is 18.2 Å². The number of aliphatic hydroxyl groups is 1. The zero-order chi connectivity index (χ0) is 13.7. The van der Waals surface area contributed by atoms with Crippen LogP contribution in [0.4, 0.5) is 14.9 Å². The lowest BCUT2D eigenvalue weighted by molar-refractivity contribution is 0.109. The molecule has 0 spiro atoms. The normalized spacial score (nSPS) is 22.8. The van der Waals surface area contributed by atoms with E-state index in [1.54, 1.807) is 0 Å². The van der Waals surface area contributed by atoms with Crippen molar-refractivity contribution >= 4 is 11.7 Å². The summed E-state index contributed by atoms with van der Waals surface area (Å²) >= 11 is 0. The average molecular weight is 266 g/mol. The van der Waals surface area contributed by atoms with Crippen LogP contribution in [0.3, 0.4) is 0 Å². The van der Waals surface area contributed by atoms with Crippen LogP contribution in [0.25, 0.3) is 0 Å². The molecule has 0 atom stereocenters. The maximum absolute atomic E-state index is 12.7. The summed E-state index contributed by atoms with van der Waals surface area (Å²) in [6.07, 6.45) is 3.33. The van der Waals surface area contributed by atoms with E-state index in [1.165, 1.54) is 24.3 Å². The maximum atomic E-state index is 12.7. The number of nitrogens with one attached hydrogen (secondary N) is 2. The molecule has 0 saturated heterocycles. The van der Waals surface area contributed by atoms with Gasteiger partial charge in [0.2, 0.25) is 0 Å². The SMILES string of the molecule is O=C(NCC1CCC(O)CC1)Nc1ccc(F)cc1. The second-order valence-corrected chi connectivity index (χ2v) is 5.02. The van der Waals surface area contributed by atoms with Crippen molar-refractivity contribution in [2.24, 2.45) is 5.92 Å². The van der Waals surface area contributed by atoms with Crippen LogP contribution in [0.5, 0.6) is 0 Å². The van der Waals surface area contributed by atoms with Gasteiger partial charge in [-0.15, -0.1) is 0 Å². The number of urea groups is 1. The molecule has 5 heteroatoms. The van der Waals surface area contributed by atoms with Crippen molar-refractivity contribution in [2.45, 2.75) is 31.8 Å². The molecule has 2 amide bonds. The zero-order valence-corrected chi connectivity index (χ0v) is 10.7. The molecule has 1 aliphatic carbocycles. The minimum Gasteiger partial charge on any atom is -0.393 e. The number of halogens is 1. The van der Waals surface area contributed by atoms with Crippen LogP contribution >= 0.6 is 0 Å². The van der Waals surface area contributed by atoms with Gasteiger partial charge in [-0.25, -0.2) is 9.18 Å². The van der Waals surface area contributed by atoms with Gasteiger partial charge in [0.1, 0.15) is 5.82 Å². The number of benzene rings is 1. The lowest BCUT2D eigenvalue weighted by Gasteiger charge is -2.25. The highest BCUT2D eigenvalue weighted by Gasteiger charge is 2.19. The number of amides is 2. The van der Waals surface area contributed by atoms with Crippen molar-refractivity contribution in [1.82, 2.24) is 5.32 Å². The molecule has 1 aromatic rings. The van der Waals surface area contributed by atoms with Crippen LogP contribution in [-0.4, -0.2) is 23.8 Å². The van der Waals surface area contributed by atoms with E-state index in [9.17, 15) is 14.3 Å². The molecular formula is C14H19FN2O2. The van der Waals surface area contributed by atoms with Crippen molar-refractivity contribution < 1.29 is 14.3 Å². The van der Waals surface area contributed by atoms with Crippen molar-refractivity contribution in [3.05, 3.63) is 30.1 Å². The van der Waals surface area contributed by atoms with E-state index < -0.39 is 0 Å². The van der Waals surface area contributed by atoms with Gasteiger partial charge in [0, 0.05) is 12.2 Å². The van der Waals surface area contributed by atoms with Crippen molar-refractivity contribution in [1.29, 1.82) is 0 Å². The summed E-state index contributed by atoms with van der Waals surface area (Å²) in [5.74, 6) is 0.106. The van der Waals surface area contributed by atoms with Gasteiger partial charge in [-0.1, -0.05) is 0 Å².